The van der Waals surface area contributed by atoms with Gasteiger partial charge in [0, 0.05) is 6.20 Å². The lowest BCUT2D eigenvalue weighted by Crippen LogP contribution is -2.30. The maximum atomic E-state index is 13.0. The minimum absolute atomic E-state index is 0.256. The van der Waals surface area contributed by atoms with Gasteiger partial charge < -0.3 is 0 Å². The van der Waals surface area contributed by atoms with E-state index in [4.69, 9.17) is 0 Å². The molecule has 1 aromatic heterocycles. The third-order valence-electron chi connectivity index (χ3n) is 4.76. The zero-order chi connectivity index (χ0) is 19.3. The lowest BCUT2D eigenvalue weighted by atomic mass is 9.99. The van der Waals surface area contributed by atoms with Gasteiger partial charge in [-0.1, -0.05) is 62.4 Å². The molecule has 2 aromatic carbocycles. The Bertz CT molecular complexity index is 917. The van der Waals surface area contributed by atoms with Gasteiger partial charge in [-0.15, -0.1) is 0 Å². The van der Waals surface area contributed by atoms with Gasteiger partial charge in [-0.3, -0.25) is 4.98 Å². The van der Waals surface area contributed by atoms with Crippen LogP contribution in [0.15, 0.2) is 83.9 Å². The molecule has 1 heterocycles. The van der Waals surface area contributed by atoms with E-state index in [-0.39, 0.29) is 4.90 Å². The van der Waals surface area contributed by atoms with Gasteiger partial charge in [0.15, 0.2) is 0 Å². The van der Waals surface area contributed by atoms with Gasteiger partial charge in [0.1, 0.15) is 0 Å². The number of hydrogen-bond donors (Lipinski definition) is 1. The molecule has 0 aliphatic rings. The highest BCUT2D eigenvalue weighted by Crippen LogP contribution is 2.24. The molecule has 4 nitrogen and oxygen atoms in total. The lowest BCUT2D eigenvalue weighted by molar-refractivity contribution is 0.570. The number of hydrogen-bond acceptors (Lipinski definition) is 3. The van der Waals surface area contributed by atoms with Crippen molar-refractivity contribution in [2.45, 2.75) is 37.1 Å². The van der Waals surface area contributed by atoms with Crippen molar-refractivity contribution >= 4 is 10.0 Å². The number of aromatic nitrogens is 1. The fourth-order valence-electron chi connectivity index (χ4n) is 2.93. The van der Waals surface area contributed by atoms with Crippen molar-refractivity contribution in [2.75, 3.05) is 0 Å². The fraction of sp³-hybridized carbons (Fsp3) is 0.227. The van der Waals surface area contributed by atoms with Gasteiger partial charge in [-0.2, -0.15) is 4.72 Å². The van der Waals surface area contributed by atoms with Crippen LogP contribution in [-0.2, 0) is 10.0 Å². The van der Waals surface area contributed by atoms with E-state index < -0.39 is 16.1 Å². The quantitative estimate of drug-likeness (QED) is 0.648. The topological polar surface area (TPSA) is 59.1 Å². The van der Waals surface area contributed by atoms with Crippen LogP contribution in [0.1, 0.15) is 49.0 Å². The van der Waals surface area contributed by atoms with Crippen LogP contribution in [-0.4, -0.2) is 13.4 Å². The molecule has 0 fully saturated rings. The fourth-order valence-corrected chi connectivity index (χ4v) is 4.12. The molecule has 0 radical (unpaired) electrons. The highest BCUT2D eigenvalue weighted by atomic mass is 32.2. The Kier molecular flexibility index (Phi) is 6.04. The number of nitrogens with zero attached hydrogens (tertiary/aromatic N) is 1. The van der Waals surface area contributed by atoms with Crippen molar-refractivity contribution in [1.82, 2.24) is 9.71 Å². The standard InChI is InChI=1S/C22H24N2O2S/c1-3-17(2)18-12-14-20(15-13-18)27(25,26)24-22(19-9-5-4-6-10-19)21-11-7-8-16-23-21/h4-17,22,24H,3H2,1-2H3/t17-,22+/m1/s1. The molecule has 0 saturated heterocycles. The highest BCUT2D eigenvalue weighted by molar-refractivity contribution is 7.89. The molecule has 27 heavy (non-hydrogen) atoms. The predicted molar refractivity (Wildman–Crippen MR) is 108 cm³/mol. The van der Waals surface area contributed by atoms with Crippen molar-refractivity contribution in [3.8, 4) is 0 Å². The Labute approximate surface area is 161 Å². The van der Waals surface area contributed by atoms with Gasteiger partial charge in [0.05, 0.1) is 16.6 Å². The second-order valence-corrected chi connectivity index (χ2v) is 8.31. The molecular formula is C22H24N2O2S. The molecule has 5 heteroatoms. The van der Waals surface area contributed by atoms with Crippen molar-refractivity contribution in [1.29, 1.82) is 0 Å². The van der Waals surface area contributed by atoms with Crippen LogP contribution < -0.4 is 4.72 Å². The third kappa shape index (κ3) is 4.62. The van der Waals surface area contributed by atoms with Crippen LogP contribution in [0.5, 0.6) is 0 Å². The van der Waals surface area contributed by atoms with Crippen molar-refractivity contribution in [3.05, 3.63) is 95.8 Å². The summed E-state index contributed by atoms with van der Waals surface area (Å²) in [5.41, 5.74) is 2.64. The summed E-state index contributed by atoms with van der Waals surface area (Å²) < 4.78 is 28.8. The summed E-state index contributed by atoms with van der Waals surface area (Å²) in [6.07, 6.45) is 2.68. The van der Waals surface area contributed by atoms with Gasteiger partial charge in [0.2, 0.25) is 10.0 Å². The molecule has 1 N–H and O–H groups in total. The first-order valence-electron chi connectivity index (χ1n) is 9.09. The number of benzene rings is 2. The molecule has 0 unspecified atom stereocenters. The largest absolute Gasteiger partial charge is 0.259 e. The molecule has 0 amide bonds. The first-order chi connectivity index (χ1) is 13.0. The van der Waals surface area contributed by atoms with E-state index in [9.17, 15) is 8.42 Å². The zero-order valence-electron chi connectivity index (χ0n) is 15.5. The molecule has 0 saturated carbocycles. The first-order valence-corrected chi connectivity index (χ1v) is 10.6. The minimum atomic E-state index is -3.69. The van der Waals surface area contributed by atoms with E-state index in [1.54, 1.807) is 18.3 Å². The van der Waals surface area contributed by atoms with Crippen LogP contribution in [0, 0.1) is 0 Å². The summed E-state index contributed by atoms with van der Waals surface area (Å²) in [6, 6.07) is 21.5. The van der Waals surface area contributed by atoms with Gasteiger partial charge in [0.25, 0.3) is 0 Å². The molecule has 3 rings (SSSR count). The van der Waals surface area contributed by atoms with E-state index in [0.29, 0.717) is 11.6 Å². The maximum Gasteiger partial charge on any atom is 0.241 e. The Balaban J connectivity index is 1.93. The molecule has 0 spiro atoms. The smallest absolute Gasteiger partial charge is 0.241 e. The number of sulfonamides is 1. The zero-order valence-corrected chi connectivity index (χ0v) is 16.4. The predicted octanol–water partition coefficient (Wildman–Crippen LogP) is 4.66. The van der Waals surface area contributed by atoms with E-state index in [1.807, 2.05) is 60.7 Å². The molecule has 0 aliphatic heterocycles. The molecule has 2 atom stereocenters. The molecule has 0 aliphatic carbocycles. The second-order valence-electron chi connectivity index (χ2n) is 6.60. The Morgan fingerprint density at radius 2 is 1.56 bits per heavy atom. The second kappa shape index (κ2) is 8.46. The summed E-state index contributed by atoms with van der Waals surface area (Å²) in [4.78, 5) is 4.61. The normalized spacial score (nSPS) is 13.9. The Morgan fingerprint density at radius 1 is 0.889 bits per heavy atom. The number of nitrogens with one attached hydrogen (secondary N) is 1. The SMILES string of the molecule is CC[C@@H](C)c1ccc(S(=O)(=O)N[C@@H](c2ccccc2)c2ccccn2)cc1. The first kappa shape index (κ1) is 19.3. The van der Waals surface area contributed by atoms with E-state index in [0.717, 1.165) is 17.5 Å². The van der Waals surface area contributed by atoms with Crippen LogP contribution >= 0.6 is 0 Å². The van der Waals surface area contributed by atoms with Crippen molar-refractivity contribution in [3.63, 3.8) is 0 Å². The van der Waals surface area contributed by atoms with Crippen LogP contribution in [0.25, 0.3) is 0 Å². The number of pyridine rings is 1. The maximum absolute atomic E-state index is 13.0. The molecule has 3 aromatic rings. The van der Waals surface area contributed by atoms with E-state index >= 15 is 0 Å². The average Bonchev–Trinajstić information content (AvgIpc) is 2.73. The summed E-state index contributed by atoms with van der Waals surface area (Å²) in [6.45, 7) is 4.25. The van der Waals surface area contributed by atoms with Crippen LogP contribution in [0.3, 0.4) is 0 Å². The summed E-state index contributed by atoms with van der Waals surface area (Å²) >= 11 is 0. The number of rotatable bonds is 7. The lowest BCUT2D eigenvalue weighted by Gasteiger charge is -2.19. The summed E-state index contributed by atoms with van der Waals surface area (Å²) in [5.74, 6) is 0.403. The van der Waals surface area contributed by atoms with Gasteiger partial charge in [-0.25, -0.2) is 8.42 Å². The third-order valence-corrected chi connectivity index (χ3v) is 6.20. The minimum Gasteiger partial charge on any atom is -0.259 e. The highest BCUT2D eigenvalue weighted by Gasteiger charge is 2.23. The van der Waals surface area contributed by atoms with E-state index in [1.165, 1.54) is 0 Å². The van der Waals surface area contributed by atoms with Crippen LogP contribution in [0.4, 0.5) is 0 Å². The molecular weight excluding hydrogens is 356 g/mol. The molecule has 140 valence electrons. The van der Waals surface area contributed by atoms with Crippen molar-refractivity contribution in [2.24, 2.45) is 0 Å². The van der Waals surface area contributed by atoms with Crippen LogP contribution in [0.2, 0.25) is 0 Å². The monoisotopic (exact) mass is 380 g/mol. The van der Waals surface area contributed by atoms with Gasteiger partial charge >= 0.3 is 0 Å². The van der Waals surface area contributed by atoms with Crippen molar-refractivity contribution < 1.29 is 8.42 Å². The average molecular weight is 381 g/mol. The summed E-state index contributed by atoms with van der Waals surface area (Å²) in [5, 5.41) is 0. The molecule has 0 bridgehead atoms. The Hall–Kier alpha value is -2.50. The van der Waals surface area contributed by atoms with E-state index in [2.05, 4.69) is 23.6 Å². The summed E-state index contributed by atoms with van der Waals surface area (Å²) in [7, 11) is -3.69. The van der Waals surface area contributed by atoms with Gasteiger partial charge in [-0.05, 0) is 47.7 Å². The Morgan fingerprint density at radius 3 is 2.15 bits per heavy atom.